The molecule has 0 aliphatic carbocycles. The summed E-state index contributed by atoms with van der Waals surface area (Å²) in [5, 5.41) is 3.83. The maximum atomic E-state index is 3.83. The van der Waals surface area contributed by atoms with Crippen molar-refractivity contribution in [3.8, 4) is 0 Å². The van der Waals surface area contributed by atoms with Crippen LogP contribution in [0.1, 0.15) is 53.4 Å². The monoisotopic (exact) mass is 279 g/mol. The highest BCUT2D eigenvalue weighted by atomic mass is 15.3. The fourth-order valence-electron chi connectivity index (χ4n) is 4.71. The van der Waals surface area contributed by atoms with E-state index in [0.29, 0.717) is 5.54 Å². The molecule has 4 atom stereocenters. The van der Waals surface area contributed by atoms with Crippen LogP contribution in [0.4, 0.5) is 0 Å². The molecule has 0 bridgehead atoms. The first-order valence-corrected chi connectivity index (χ1v) is 8.79. The number of fused-ring (bicyclic) bond motifs is 1. The molecule has 0 aromatic heterocycles. The second-order valence-corrected chi connectivity index (χ2v) is 7.88. The van der Waals surface area contributed by atoms with Gasteiger partial charge in [0.1, 0.15) is 0 Å². The van der Waals surface area contributed by atoms with Gasteiger partial charge >= 0.3 is 0 Å². The second-order valence-electron chi connectivity index (χ2n) is 7.88. The summed E-state index contributed by atoms with van der Waals surface area (Å²) in [6.45, 7) is 14.6. The molecule has 0 spiro atoms. The fourth-order valence-corrected chi connectivity index (χ4v) is 4.71. The topological polar surface area (TPSA) is 18.5 Å². The van der Waals surface area contributed by atoms with Crippen LogP contribution in [0.15, 0.2) is 0 Å². The van der Waals surface area contributed by atoms with Crippen molar-refractivity contribution in [1.29, 1.82) is 0 Å². The normalized spacial score (nSPS) is 43.4. The number of piperazine rings is 1. The zero-order valence-corrected chi connectivity index (χ0v) is 13.9. The van der Waals surface area contributed by atoms with Crippen molar-refractivity contribution in [2.45, 2.75) is 77.0 Å². The van der Waals surface area contributed by atoms with Crippen LogP contribution in [-0.2, 0) is 0 Å². The zero-order valence-electron chi connectivity index (χ0n) is 13.9. The maximum absolute atomic E-state index is 3.83. The SMILES string of the molecule is CCC1(C)CN(C2CCN3CCCC23)C(C(C)C)CN1. The molecule has 3 heteroatoms. The van der Waals surface area contributed by atoms with Gasteiger partial charge in [-0.05, 0) is 45.1 Å². The molecular weight excluding hydrogens is 246 g/mol. The van der Waals surface area contributed by atoms with Crippen molar-refractivity contribution in [1.82, 2.24) is 15.1 Å². The summed E-state index contributed by atoms with van der Waals surface area (Å²) >= 11 is 0. The van der Waals surface area contributed by atoms with E-state index >= 15 is 0 Å². The van der Waals surface area contributed by atoms with Crippen LogP contribution in [0.3, 0.4) is 0 Å². The first-order chi connectivity index (χ1) is 9.54. The summed E-state index contributed by atoms with van der Waals surface area (Å²) in [5.74, 6) is 0.749. The Kier molecular flexibility index (Phi) is 4.13. The predicted octanol–water partition coefficient (Wildman–Crippen LogP) is 2.32. The number of nitrogens with one attached hydrogen (secondary N) is 1. The van der Waals surface area contributed by atoms with Gasteiger partial charge in [-0.25, -0.2) is 0 Å². The molecule has 0 saturated carbocycles. The third-order valence-electron chi connectivity index (χ3n) is 6.24. The second kappa shape index (κ2) is 5.58. The highest BCUT2D eigenvalue weighted by Gasteiger charge is 2.46. The molecule has 3 saturated heterocycles. The zero-order chi connectivity index (χ0) is 14.3. The van der Waals surface area contributed by atoms with Crippen molar-refractivity contribution < 1.29 is 0 Å². The Morgan fingerprint density at radius 1 is 1.20 bits per heavy atom. The minimum atomic E-state index is 0.317. The molecule has 20 heavy (non-hydrogen) atoms. The van der Waals surface area contributed by atoms with Crippen LogP contribution < -0.4 is 5.32 Å². The van der Waals surface area contributed by atoms with Gasteiger partial charge in [0.2, 0.25) is 0 Å². The quantitative estimate of drug-likeness (QED) is 0.855. The van der Waals surface area contributed by atoms with Gasteiger partial charge in [0, 0.05) is 43.3 Å². The van der Waals surface area contributed by atoms with Crippen molar-refractivity contribution in [2.24, 2.45) is 5.92 Å². The molecule has 0 aromatic carbocycles. The summed E-state index contributed by atoms with van der Waals surface area (Å²) in [6, 6.07) is 2.40. The molecule has 3 nitrogen and oxygen atoms in total. The van der Waals surface area contributed by atoms with Crippen molar-refractivity contribution in [3.05, 3.63) is 0 Å². The first-order valence-electron chi connectivity index (χ1n) is 8.79. The van der Waals surface area contributed by atoms with E-state index in [9.17, 15) is 0 Å². The minimum Gasteiger partial charge on any atom is -0.309 e. The van der Waals surface area contributed by atoms with Crippen LogP contribution >= 0.6 is 0 Å². The van der Waals surface area contributed by atoms with Gasteiger partial charge in [-0.15, -0.1) is 0 Å². The molecule has 0 aromatic rings. The molecule has 0 radical (unpaired) electrons. The van der Waals surface area contributed by atoms with E-state index < -0.39 is 0 Å². The Morgan fingerprint density at radius 3 is 2.70 bits per heavy atom. The van der Waals surface area contributed by atoms with Crippen molar-refractivity contribution in [3.63, 3.8) is 0 Å². The number of nitrogens with zero attached hydrogens (tertiary/aromatic N) is 2. The summed E-state index contributed by atoms with van der Waals surface area (Å²) in [4.78, 5) is 5.66. The Labute approximate surface area is 125 Å². The Morgan fingerprint density at radius 2 is 2.00 bits per heavy atom. The fraction of sp³-hybridized carbons (Fsp3) is 1.00. The molecule has 3 heterocycles. The molecule has 3 rings (SSSR count). The third kappa shape index (κ3) is 2.53. The summed E-state index contributed by atoms with van der Waals surface area (Å²) < 4.78 is 0. The summed E-state index contributed by atoms with van der Waals surface area (Å²) in [5.41, 5.74) is 0.317. The minimum absolute atomic E-state index is 0.317. The van der Waals surface area contributed by atoms with E-state index in [4.69, 9.17) is 0 Å². The lowest BCUT2D eigenvalue weighted by Gasteiger charge is -2.51. The Hall–Kier alpha value is -0.120. The molecule has 4 unspecified atom stereocenters. The largest absolute Gasteiger partial charge is 0.309 e. The van der Waals surface area contributed by atoms with Gasteiger partial charge in [-0.3, -0.25) is 9.80 Å². The number of hydrogen-bond donors (Lipinski definition) is 1. The number of rotatable bonds is 3. The summed E-state index contributed by atoms with van der Waals surface area (Å²) in [6.07, 6.45) is 5.48. The van der Waals surface area contributed by atoms with Gasteiger partial charge in [0.25, 0.3) is 0 Å². The van der Waals surface area contributed by atoms with Crippen LogP contribution in [0.25, 0.3) is 0 Å². The predicted molar refractivity (Wildman–Crippen MR) is 85.0 cm³/mol. The van der Waals surface area contributed by atoms with Crippen LogP contribution in [0, 0.1) is 5.92 Å². The van der Waals surface area contributed by atoms with E-state index in [1.54, 1.807) is 0 Å². The molecule has 3 aliphatic rings. The summed E-state index contributed by atoms with van der Waals surface area (Å²) in [7, 11) is 0. The van der Waals surface area contributed by atoms with E-state index in [2.05, 4.69) is 42.8 Å². The average Bonchev–Trinajstić information content (AvgIpc) is 3.00. The van der Waals surface area contributed by atoms with Crippen molar-refractivity contribution in [2.75, 3.05) is 26.2 Å². The Balaban J connectivity index is 1.79. The van der Waals surface area contributed by atoms with E-state index in [-0.39, 0.29) is 0 Å². The van der Waals surface area contributed by atoms with Gasteiger partial charge in [-0.1, -0.05) is 20.8 Å². The van der Waals surface area contributed by atoms with Crippen molar-refractivity contribution >= 4 is 0 Å². The van der Waals surface area contributed by atoms with Gasteiger partial charge in [0.15, 0.2) is 0 Å². The average molecular weight is 279 g/mol. The lowest BCUT2D eigenvalue weighted by molar-refractivity contribution is 0.0153. The third-order valence-corrected chi connectivity index (χ3v) is 6.24. The van der Waals surface area contributed by atoms with E-state index in [1.165, 1.54) is 51.9 Å². The molecular formula is C17H33N3. The number of hydrogen-bond acceptors (Lipinski definition) is 3. The van der Waals surface area contributed by atoms with E-state index in [1.807, 2.05) is 0 Å². The molecule has 3 fully saturated rings. The Bertz CT molecular complexity index is 343. The van der Waals surface area contributed by atoms with Gasteiger partial charge in [-0.2, -0.15) is 0 Å². The van der Waals surface area contributed by atoms with E-state index in [0.717, 1.165) is 24.0 Å². The van der Waals surface area contributed by atoms with Gasteiger partial charge in [0.05, 0.1) is 0 Å². The van der Waals surface area contributed by atoms with Crippen LogP contribution in [0.5, 0.6) is 0 Å². The first kappa shape index (κ1) is 14.8. The van der Waals surface area contributed by atoms with Crippen LogP contribution in [-0.4, -0.2) is 59.6 Å². The van der Waals surface area contributed by atoms with Crippen LogP contribution in [0.2, 0.25) is 0 Å². The molecule has 1 N–H and O–H groups in total. The molecule has 116 valence electrons. The lowest BCUT2D eigenvalue weighted by Crippen LogP contribution is -2.67. The highest BCUT2D eigenvalue weighted by Crippen LogP contribution is 2.35. The molecule has 0 amide bonds. The molecule has 3 aliphatic heterocycles. The smallest absolute Gasteiger partial charge is 0.0278 e. The maximum Gasteiger partial charge on any atom is 0.0278 e. The lowest BCUT2D eigenvalue weighted by atomic mass is 9.87. The standard InChI is InChI=1S/C17H33N3/c1-5-17(4)12-20(16(11-18-17)13(2)3)15-8-10-19-9-6-7-14(15)19/h13-16,18H,5-12H2,1-4H3. The highest BCUT2D eigenvalue weighted by molar-refractivity contribution is 5.04. The van der Waals surface area contributed by atoms with Gasteiger partial charge < -0.3 is 5.32 Å².